The standard InChI is InChI=1S/C18H31N3O3/c1-4-19-18(20-11-8-12-24-14-13-22-2)21-15-17(23-3)16-9-6-5-7-10-16/h5-7,9-10,17H,4,8,11-15H2,1-3H3,(H2,19,20,21). The van der Waals surface area contributed by atoms with Crippen molar-refractivity contribution in [1.82, 2.24) is 10.6 Å². The van der Waals surface area contributed by atoms with Crippen LogP contribution in [0.15, 0.2) is 35.3 Å². The summed E-state index contributed by atoms with van der Waals surface area (Å²) in [6.45, 7) is 6.23. The van der Waals surface area contributed by atoms with Crippen LogP contribution in [-0.4, -0.2) is 59.6 Å². The molecule has 1 atom stereocenters. The molecule has 1 aromatic carbocycles. The molecule has 0 saturated carbocycles. The minimum absolute atomic E-state index is 0.0426. The van der Waals surface area contributed by atoms with Crippen LogP contribution in [0, 0.1) is 0 Å². The minimum atomic E-state index is -0.0426. The molecular formula is C18H31N3O3. The van der Waals surface area contributed by atoms with Crippen molar-refractivity contribution in [2.45, 2.75) is 19.4 Å². The Morgan fingerprint density at radius 2 is 1.88 bits per heavy atom. The van der Waals surface area contributed by atoms with Gasteiger partial charge in [0, 0.05) is 33.9 Å². The molecular weight excluding hydrogens is 306 g/mol. The number of ether oxygens (including phenoxy) is 3. The number of benzene rings is 1. The van der Waals surface area contributed by atoms with Crippen molar-refractivity contribution >= 4 is 5.96 Å². The average Bonchev–Trinajstić information content (AvgIpc) is 2.62. The van der Waals surface area contributed by atoms with Gasteiger partial charge in [0.05, 0.1) is 19.8 Å². The van der Waals surface area contributed by atoms with Gasteiger partial charge in [-0.15, -0.1) is 0 Å². The first-order valence-electron chi connectivity index (χ1n) is 8.48. The zero-order valence-electron chi connectivity index (χ0n) is 15.1. The Balaban J connectivity index is 2.38. The molecule has 136 valence electrons. The Bertz CT molecular complexity index is 440. The third-order valence-electron chi connectivity index (χ3n) is 3.41. The van der Waals surface area contributed by atoms with E-state index in [0.29, 0.717) is 26.4 Å². The molecule has 1 aromatic rings. The summed E-state index contributed by atoms with van der Waals surface area (Å²) in [4.78, 5) is 4.62. The molecule has 0 aliphatic rings. The molecule has 1 unspecified atom stereocenters. The van der Waals surface area contributed by atoms with Gasteiger partial charge in [0.25, 0.3) is 0 Å². The third kappa shape index (κ3) is 8.86. The number of rotatable bonds is 12. The number of methoxy groups -OCH3 is 2. The molecule has 24 heavy (non-hydrogen) atoms. The molecule has 0 aliphatic heterocycles. The lowest BCUT2D eigenvalue weighted by Gasteiger charge is -2.16. The van der Waals surface area contributed by atoms with E-state index in [1.807, 2.05) is 18.2 Å². The summed E-state index contributed by atoms with van der Waals surface area (Å²) in [5, 5.41) is 6.56. The zero-order chi connectivity index (χ0) is 17.5. The van der Waals surface area contributed by atoms with Gasteiger partial charge in [-0.3, -0.25) is 4.99 Å². The van der Waals surface area contributed by atoms with Gasteiger partial charge in [-0.2, -0.15) is 0 Å². The summed E-state index contributed by atoms with van der Waals surface area (Å²) in [5.41, 5.74) is 1.13. The molecule has 0 fully saturated rings. The molecule has 0 aliphatic carbocycles. The summed E-state index contributed by atoms with van der Waals surface area (Å²) in [7, 11) is 3.39. The van der Waals surface area contributed by atoms with Crippen molar-refractivity contribution < 1.29 is 14.2 Å². The molecule has 0 radical (unpaired) electrons. The molecule has 1 rings (SSSR count). The molecule has 6 nitrogen and oxygen atoms in total. The first-order chi connectivity index (χ1) is 11.8. The predicted molar refractivity (Wildman–Crippen MR) is 97.5 cm³/mol. The minimum Gasteiger partial charge on any atom is -0.382 e. The number of nitrogens with one attached hydrogen (secondary N) is 2. The Morgan fingerprint density at radius 3 is 2.54 bits per heavy atom. The molecule has 0 aromatic heterocycles. The van der Waals surface area contributed by atoms with Crippen LogP contribution in [0.4, 0.5) is 0 Å². The molecule has 0 amide bonds. The van der Waals surface area contributed by atoms with E-state index < -0.39 is 0 Å². The highest BCUT2D eigenvalue weighted by molar-refractivity contribution is 5.79. The number of nitrogens with zero attached hydrogens (tertiary/aromatic N) is 1. The molecule has 0 bridgehead atoms. The summed E-state index contributed by atoms with van der Waals surface area (Å²) in [5.74, 6) is 0.798. The number of hydrogen-bond donors (Lipinski definition) is 2. The maximum atomic E-state index is 5.55. The highest BCUT2D eigenvalue weighted by atomic mass is 16.5. The lowest BCUT2D eigenvalue weighted by molar-refractivity contribution is 0.0698. The van der Waals surface area contributed by atoms with Gasteiger partial charge in [0.1, 0.15) is 6.10 Å². The smallest absolute Gasteiger partial charge is 0.191 e. The third-order valence-corrected chi connectivity index (χ3v) is 3.41. The normalized spacial score (nSPS) is 12.9. The fraction of sp³-hybridized carbons (Fsp3) is 0.611. The number of aliphatic imine (C=N–C) groups is 1. The summed E-state index contributed by atoms with van der Waals surface area (Å²) in [6, 6.07) is 10.1. The topological polar surface area (TPSA) is 64.1 Å². The van der Waals surface area contributed by atoms with E-state index in [1.165, 1.54) is 0 Å². The number of hydrogen-bond acceptors (Lipinski definition) is 4. The zero-order valence-corrected chi connectivity index (χ0v) is 15.1. The highest BCUT2D eigenvalue weighted by Gasteiger charge is 2.09. The Kier molecular flexibility index (Phi) is 11.7. The Hall–Kier alpha value is -1.63. The Morgan fingerprint density at radius 1 is 1.08 bits per heavy atom. The van der Waals surface area contributed by atoms with E-state index in [4.69, 9.17) is 14.2 Å². The van der Waals surface area contributed by atoms with Crippen LogP contribution in [0.25, 0.3) is 0 Å². The van der Waals surface area contributed by atoms with Gasteiger partial charge < -0.3 is 24.8 Å². The molecule has 0 spiro atoms. The monoisotopic (exact) mass is 337 g/mol. The second-order valence-electron chi connectivity index (χ2n) is 5.24. The maximum Gasteiger partial charge on any atom is 0.191 e. The largest absolute Gasteiger partial charge is 0.382 e. The van der Waals surface area contributed by atoms with Crippen LogP contribution in [-0.2, 0) is 14.2 Å². The molecule has 0 saturated heterocycles. The molecule has 2 N–H and O–H groups in total. The van der Waals surface area contributed by atoms with Gasteiger partial charge in [-0.05, 0) is 18.9 Å². The van der Waals surface area contributed by atoms with Gasteiger partial charge in [-0.25, -0.2) is 0 Å². The van der Waals surface area contributed by atoms with Crippen molar-refractivity contribution in [1.29, 1.82) is 0 Å². The maximum absolute atomic E-state index is 5.55. The van der Waals surface area contributed by atoms with Crippen LogP contribution in [0.2, 0.25) is 0 Å². The van der Waals surface area contributed by atoms with E-state index in [9.17, 15) is 0 Å². The highest BCUT2D eigenvalue weighted by Crippen LogP contribution is 2.16. The van der Waals surface area contributed by atoms with E-state index in [0.717, 1.165) is 31.0 Å². The van der Waals surface area contributed by atoms with E-state index in [2.05, 4.69) is 34.7 Å². The molecule has 0 heterocycles. The van der Waals surface area contributed by atoms with Crippen molar-refractivity contribution in [3.8, 4) is 0 Å². The van der Waals surface area contributed by atoms with Crippen LogP contribution in [0.1, 0.15) is 25.0 Å². The van der Waals surface area contributed by atoms with Gasteiger partial charge in [-0.1, -0.05) is 30.3 Å². The van der Waals surface area contributed by atoms with Crippen LogP contribution < -0.4 is 10.6 Å². The lowest BCUT2D eigenvalue weighted by Crippen LogP contribution is -2.38. The van der Waals surface area contributed by atoms with E-state index in [1.54, 1.807) is 14.2 Å². The fourth-order valence-electron chi connectivity index (χ4n) is 2.13. The van der Waals surface area contributed by atoms with Crippen molar-refractivity contribution in [3.63, 3.8) is 0 Å². The summed E-state index contributed by atoms with van der Waals surface area (Å²) in [6.07, 6.45) is 0.875. The van der Waals surface area contributed by atoms with E-state index >= 15 is 0 Å². The fourth-order valence-corrected chi connectivity index (χ4v) is 2.13. The van der Waals surface area contributed by atoms with Crippen LogP contribution in [0.5, 0.6) is 0 Å². The number of guanidine groups is 1. The van der Waals surface area contributed by atoms with Gasteiger partial charge in [0.2, 0.25) is 0 Å². The Labute approximate surface area is 145 Å². The van der Waals surface area contributed by atoms with Crippen molar-refractivity contribution in [2.75, 3.05) is 53.7 Å². The van der Waals surface area contributed by atoms with E-state index in [-0.39, 0.29) is 6.10 Å². The molecule has 6 heteroatoms. The van der Waals surface area contributed by atoms with Crippen molar-refractivity contribution in [2.24, 2.45) is 4.99 Å². The summed E-state index contributed by atoms with van der Waals surface area (Å²) < 4.78 is 15.9. The van der Waals surface area contributed by atoms with Gasteiger partial charge in [0.15, 0.2) is 5.96 Å². The lowest BCUT2D eigenvalue weighted by atomic mass is 10.1. The van der Waals surface area contributed by atoms with Crippen LogP contribution in [0.3, 0.4) is 0 Å². The second kappa shape index (κ2) is 13.8. The van der Waals surface area contributed by atoms with Crippen LogP contribution >= 0.6 is 0 Å². The summed E-state index contributed by atoms with van der Waals surface area (Å²) >= 11 is 0. The first-order valence-corrected chi connectivity index (χ1v) is 8.48. The quantitative estimate of drug-likeness (QED) is 0.347. The van der Waals surface area contributed by atoms with Gasteiger partial charge >= 0.3 is 0 Å². The predicted octanol–water partition coefficient (Wildman–Crippen LogP) is 1.98. The first kappa shape index (κ1) is 20.4. The second-order valence-corrected chi connectivity index (χ2v) is 5.24. The van der Waals surface area contributed by atoms with Crippen molar-refractivity contribution in [3.05, 3.63) is 35.9 Å². The average molecular weight is 337 g/mol. The SMILES string of the molecule is CCNC(=NCC(OC)c1ccccc1)NCCCOCCOC.